The van der Waals surface area contributed by atoms with E-state index in [1.165, 1.54) is 6.07 Å². The first-order valence-corrected chi connectivity index (χ1v) is 6.03. The quantitative estimate of drug-likeness (QED) is 0.683. The van der Waals surface area contributed by atoms with Crippen LogP contribution in [0, 0.1) is 5.82 Å². The number of ketones is 1. The highest BCUT2D eigenvalue weighted by Crippen LogP contribution is 2.28. The number of benzene rings is 1. The molecule has 0 bridgehead atoms. The molecule has 88 valence electrons. The molecule has 2 nitrogen and oxygen atoms in total. The van der Waals surface area contributed by atoms with Gasteiger partial charge in [0.25, 0.3) is 0 Å². The van der Waals surface area contributed by atoms with Crippen LogP contribution in [-0.4, -0.2) is 11.8 Å². The lowest BCUT2D eigenvalue weighted by atomic mass is 10.0. The van der Waals surface area contributed by atoms with Crippen LogP contribution >= 0.6 is 27.5 Å². The Morgan fingerprint density at radius 3 is 2.81 bits per heavy atom. The zero-order valence-electron chi connectivity index (χ0n) is 8.77. The van der Waals surface area contributed by atoms with E-state index < -0.39 is 5.82 Å². The minimum atomic E-state index is -0.675. The highest BCUT2D eigenvalue weighted by molar-refractivity contribution is 9.10. The minimum Gasteiger partial charge on any atom is -0.328 e. The molecule has 0 fully saturated rings. The summed E-state index contributed by atoms with van der Waals surface area (Å²) in [5.74, 6) is -0.949. The van der Waals surface area contributed by atoms with Crippen molar-refractivity contribution in [3.05, 3.63) is 33.0 Å². The zero-order chi connectivity index (χ0) is 12.3. The van der Waals surface area contributed by atoms with E-state index in [9.17, 15) is 9.18 Å². The van der Waals surface area contributed by atoms with Crippen molar-refractivity contribution >= 4 is 33.3 Å². The van der Waals surface area contributed by atoms with Gasteiger partial charge < -0.3 is 5.73 Å². The van der Waals surface area contributed by atoms with Crippen LogP contribution in [0.2, 0.25) is 5.02 Å². The number of nitrogens with two attached hydrogens (primary N) is 1. The zero-order valence-corrected chi connectivity index (χ0v) is 11.1. The summed E-state index contributed by atoms with van der Waals surface area (Å²) >= 11 is 8.78. The third kappa shape index (κ3) is 3.27. The molecule has 0 aliphatic rings. The normalized spacial score (nSPS) is 12.6. The molecule has 0 spiro atoms. The highest BCUT2D eigenvalue weighted by atomic mass is 79.9. The van der Waals surface area contributed by atoms with Crippen molar-refractivity contribution in [3.8, 4) is 0 Å². The predicted molar refractivity (Wildman–Crippen MR) is 66.3 cm³/mol. The molecule has 16 heavy (non-hydrogen) atoms. The maximum Gasteiger partial charge on any atom is 0.165 e. The lowest BCUT2D eigenvalue weighted by molar-refractivity contribution is 0.0974. The first-order valence-electron chi connectivity index (χ1n) is 4.85. The molecule has 1 atom stereocenters. The average Bonchev–Trinajstić information content (AvgIpc) is 2.23. The number of carbonyl (C=O) groups is 1. The summed E-state index contributed by atoms with van der Waals surface area (Å²) in [7, 11) is 0. The fourth-order valence-corrected chi connectivity index (χ4v) is 1.71. The lowest BCUT2D eigenvalue weighted by Gasteiger charge is -2.07. The molecule has 0 aliphatic carbocycles. The van der Waals surface area contributed by atoms with Gasteiger partial charge in [-0.15, -0.1) is 0 Å². The highest BCUT2D eigenvalue weighted by Gasteiger charge is 2.16. The van der Waals surface area contributed by atoms with Crippen molar-refractivity contribution in [2.24, 2.45) is 5.73 Å². The number of rotatable bonds is 4. The molecule has 1 aromatic rings. The van der Waals surface area contributed by atoms with Crippen LogP contribution in [0.15, 0.2) is 16.6 Å². The first kappa shape index (κ1) is 13.6. The summed E-state index contributed by atoms with van der Waals surface area (Å²) in [5.41, 5.74) is 5.55. The van der Waals surface area contributed by atoms with Gasteiger partial charge in [0.1, 0.15) is 0 Å². The number of hydrogen-bond donors (Lipinski definition) is 1. The van der Waals surface area contributed by atoms with E-state index in [1.54, 1.807) is 13.0 Å². The molecule has 5 heteroatoms. The molecule has 0 radical (unpaired) electrons. The molecule has 1 rings (SSSR count). The van der Waals surface area contributed by atoms with Gasteiger partial charge in [0.2, 0.25) is 0 Å². The average molecular weight is 309 g/mol. The lowest BCUT2D eigenvalue weighted by Crippen LogP contribution is -2.16. The second-order valence-corrected chi connectivity index (χ2v) is 4.89. The molecular weight excluding hydrogens is 296 g/mol. The fraction of sp³-hybridized carbons (Fsp3) is 0.364. The van der Waals surface area contributed by atoms with Crippen LogP contribution in [0.1, 0.15) is 30.1 Å². The van der Waals surface area contributed by atoms with Gasteiger partial charge in [-0.1, -0.05) is 11.6 Å². The molecule has 0 aliphatic heterocycles. The van der Waals surface area contributed by atoms with Crippen molar-refractivity contribution in [1.82, 2.24) is 0 Å². The second kappa shape index (κ2) is 5.75. The Morgan fingerprint density at radius 2 is 2.25 bits per heavy atom. The summed E-state index contributed by atoms with van der Waals surface area (Å²) in [6, 6.07) is 2.91. The Balaban J connectivity index is 2.88. The summed E-state index contributed by atoms with van der Waals surface area (Å²) < 4.78 is 14.1. The van der Waals surface area contributed by atoms with Crippen molar-refractivity contribution in [3.63, 3.8) is 0 Å². The van der Waals surface area contributed by atoms with Crippen molar-refractivity contribution < 1.29 is 9.18 Å². The summed E-state index contributed by atoms with van der Waals surface area (Å²) in [6.07, 6.45) is 0.762. The third-order valence-electron chi connectivity index (χ3n) is 2.16. The van der Waals surface area contributed by atoms with E-state index in [1.807, 2.05) is 0 Å². The Kier molecular flexibility index (Phi) is 4.89. The Hall–Kier alpha value is -0.450. The molecule has 0 amide bonds. The largest absolute Gasteiger partial charge is 0.328 e. The maximum absolute atomic E-state index is 13.6. The van der Waals surface area contributed by atoms with Gasteiger partial charge in [-0.05, 0) is 41.4 Å². The molecule has 0 aromatic heterocycles. The molecule has 0 heterocycles. The van der Waals surface area contributed by atoms with Gasteiger partial charge in [0.15, 0.2) is 11.6 Å². The Labute approximate surface area is 107 Å². The Bertz CT molecular complexity index is 409. The second-order valence-electron chi connectivity index (χ2n) is 3.66. The molecular formula is C11H12BrClFNO. The van der Waals surface area contributed by atoms with Gasteiger partial charge in [0, 0.05) is 16.9 Å². The third-order valence-corrected chi connectivity index (χ3v) is 3.42. The van der Waals surface area contributed by atoms with Gasteiger partial charge >= 0.3 is 0 Å². The van der Waals surface area contributed by atoms with Crippen LogP contribution in [0.3, 0.4) is 0 Å². The van der Waals surface area contributed by atoms with E-state index in [0.29, 0.717) is 10.9 Å². The van der Waals surface area contributed by atoms with Crippen molar-refractivity contribution in [1.29, 1.82) is 0 Å². The number of halogens is 3. The monoisotopic (exact) mass is 307 g/mol. The number of hydrogen-bond acceptors (Lipinski definition) is 2. The number of Topliss-reactive ketones (excluding diaryl/α,β-unsaturated/α-hetero) is 1. The first-order chi connectivity index (χ1) is 7.43. The van der Waals surface area contributed by atoms with Crippen molar-refractivity contribution in [2.45, 2.75) is 25.8 Å². The van der Waals surface area contributed by atoms with E-state index in [0.717, 1.165) is 0 Å². The predicted octanol–water partition coefficient (Wildman–Crippen LogP) is 3.55. The van der Waals surface area contributed by atoms with Gasteiger partial charge in [-0.3, -0.25) is 4.79 Å². The summed E-state index contributed by atoms with van der Waals surface area (Å²) in [6.45, 7) is 1.80. The molecule has 0 saturated heterocycles. The minimum absolute atomic E-state index is 0.0221. The molecule has 2 N–H and O–H groups in total. The molecule has 1 unspecified atom stereocenters. The van der Waals surface area contributed by atoms with Crippen LogP contribution in [-0.2, 0) is 0 Å². The smallest absolute Gasteiger partial charge is 0.165 e. The van der Waals surface area contributed by atoms with E-state index in [2.05, 4.69) is 15.9 Å². The van der Waals surface area contributed by atoms with Crippen LogP contribution in [0.4, 0.5) is 4.39 Å². The SMILES string of the molecule is CC(N)CCC(=O)c1ccc(Br)c(Cl)c1F. The maximum atomic E-state index is 13.6. The van der Waals surface area contributed by atoms with Gasteiger partial charge in [-0.25, -0.2) is 4.39 Å². The number of carbonyl (C=O) groups excluding carboxylic acids is 1. The standard InChI is InChI=1S/C11H12BrClFNO/c1-6(15)2-5-9(16)7-3-4-8(12)10(13)11(7)14/h3-4,6H,2,5,15H2,1H3. The summed E-state index contributed by atoms with van der Waals surface area (Å²) in [4.78, 5) is 11.7. The van der Waals surface area contributed by atoms with E-state index >= 15 is 0 Å². The van der Waals surface area contributed by atoms with Crippen molar-refractivity contribution in [2.75, 3.05) is 0 Å². The van der Waals surface area contributed by atoms with Crippen LogP contribution < -0.4 is 5.73 Å². The topological polar surface area (TPSA) is 43.1 Å². The van der Waals surface area contributed by atoms with Gasteiger partial charge in [-0.2, -0.15) is 0 Å². The van der Waals surface area contributed by atoms with E-state index in [4.69, 9.17) is 17.3 Å². The fourth-order valence-electron chi connectivity index (χ4n) is 1.23. The van der Waals surface area contributed by atoms with E-state index in [-0.39, 0.29) is 28.8 Å². The van der Waals surface area contributed by atoms with Gasteiger partial charge in [0.05, 0.1) is 10.6 Å². The molecule has 1 aromatic carbocycles. The molecule has 0 saturated carbocycles. The Morgan fingerprint density at radius 1 is 1.62 bits per heavy atom. The van der Waals surface area contributed by atoms with Crippen LogP contribution in [0.25, 0.3) is 0 Å². The summed E-state index contributed by atoms with van der Waals surface area (Å²) in [5, 5.41) is -0.0633. The van der Waals surface area contributed by atoms with Crippen LogP contribution in [0.5, 0.6) is 0 Å².